The van der Waals surface area contributed by atoms with Crippen molar-refractivity contribution in [2.45, 2.75) is 25.6 Å². The molecule has 0 aromatic heterocycles. The molecule has 0 spiro atoms. The van der Waals surface area contributed by atoms with E-state index < -0.39 is 22.7 Å². The third-order valence-electron chi connectivity index (χ3n) is 3.94. The Bertz CT molecular complexity index is 516. The molecule has 130 valence electrons. The maximum Gasteiger partial charge on any atom is 0.130 e. The van der Waals surface area contributed by atoms with Crippen LogP contribution in [0, 0.1) is 0 Å². The molecule has 1 aromatic carbocycles. The number of nitrogens with zero attached hydrogens (tertiary/aromatic N) is 1. The summed E-state index contributed by atoms with van der Waals surface area (Å²) in [6.45, 7) is 8.20. The maximum atomic E-state index is 11.1. The zero-order valence-electron chi connectivity index (χ0n) is 14.0. The second-order valence-corrected chi connectivity index (χ2v) is 7.46. The van der Waals surface area contributed by atoms with Crippen LogP contribution in [-0.4, -0.2) is 64.9 Å². The number of nitrogens with one attached hydrogen (secondary N) is 2. The van der Waals surface area contributed by atoms with Gasteiger partial charge in [-0.05, 0) is 38.1 Å². The molecule has 2 unspecified atom stereocenters. The third kappa shape index (κ3) is 5.76. The lowest BCUT2D eigenvalue weighted by Crippen LogP contribution is -2.52. The molecular weight excluding hydrogens is 314 g/mol. The Morgan fingerprint density at radius 1 is 1.35 bits per heavy atom. The minimum atomic E-state index is -1.10. The number of benzene rings is 1. The van der Waals surface area contributed by atoms with Gasteiger partial charge < -0.3 is 19.9 Å². The largest absolute Gasteiger partial charge is 0.485 e. The minimum absolute atomic E-state index is 0.582. The topological polar surface area (TPSA) is 73.8 Å². The van der Waals surface area contributed by atoms with Gasteiger partial charge in [0, 0.05) is 44.7 Å². The number of rotatable bonds is 7. The first-order valence-electron chi connectivity index (χ1n) is 7.87. The second-order valence-electron chi connectivity index (χ2n) is 6.35. The number of hydrogen-bond donors (Lipinski definition) is 3. The molecule has 1 heterocycles. The Morgan fingerprint density at radius 3 is 2.52 bits per heavy atom. The van der Waals surface area contributed by atoms with E-state index in [0.717, 1.165) is 31.9 Å². The van der Waals surface area contributed by atoms with Gasteiger partial charge in [-0.1, -0.05) is 0 Å². The van der Waals surface area contributed by atoms with Crippen molar-refractivity contribution < 1.29 is 14.1 Å². The summed E-state index contributed by atoms with van der Waals surface area (Å²) in [4.78, 5) is 2.25. The highest BCUT2D eigenvalue weighted by molar-refractivity contribution is 7.85. The van der Waals surface area contributed by atoms with Gasteiger partial charge in [-0.2, -0.15) is 0 Å². The third-order valence-corrected chi connectivity index (χ3v) is 4.46. The minimum Gasteiger partial charge on any atom is -0.485 e. The number of β-amino-alcohol motifs (C(OH)–C–C–N with tert-alkyl or cyclic N) is 1. The smallest absolute Gasteiger partial charge is 0.130 e. The Balaban J connectivity index is 1.91. The lowest BCUT2D eigenvalue weighted by Gasteiger charge is -2.36. The van der Waals surface area contributed by atoms with Gasteiger partial charge in [0.05, 0.1) is 0 Å². The number of piperazine rings is 1. The molecule has 1 aliphatic heterocycles. The van der Waals surface area contributed by atoms with Crippen LogP contribution in [0.15, 0.2) is 24.3 Å². The van der Waals surface area contributed by atoms with Gasteiger partial charge in [0.25, 0.3) is 0 Å². The Hall–Kier alpha value is -1.15. The quantitative estimate of drug-likeness (QED) is 0.685. The average molecular weight is 341 g/mol. The predicted molar refractivity (Wildman–Crippen MR) is 94.2 cm³/mol. The molecule has 2 rings (SSSR count). The van der Waals surface area contributed by atoms with E-state index in [9.17, 15) is 9.32 Å². The summed E-state index contributed by atoms with van der Waals surface area (Å²) >= 11 is 0. The summed E-state index contributed by atoms with van der Waals surface area (Å²) in [5.74, 6) is 0.682. The molecule has 23 heavy (non-hydrogen) atoms. The maximum absolute atomic E-state index is 11.1. The fraction of sp³-hybridized carbons (Fsp3) is 0.625. The number of anilines is 1. The number of aliphatic hydroxyl groups is 1. The Kier molecular flexibility index (Phi) is 6.41. The second kappa shape index (κ2) is 8.10. The molecule has 7 heteroatoms. The van der Waals surface area contributed by atoms with Crippen molar-refractivity contribution >= 4 is 16.7 Å². The van der Waals surface area contributed by atoms with Crippen LogP contribution < -0.4 is 14.8 Å². The summed E-state index contributed by atoms with van der Waals surface area (Å²) < 4.78 is 19.9. The monoisotopic (exact) mass is 341 g/mol. The Labute approximate surface area is 140 Å². The van der Waals surface area contributed by atoms with Gasteiger partial charge in [-0.3, -0.25) is 4.90 Å². The van der Waals surface area contributed by atoms with Gasteiger partial charge in [-0.15, -0.1) is 0 Å². The van der Waals surface area contributed by atoms with Crippen molar-refractivity contribution in [2.24, 2.45) is 0 Å². The van der Waals surface area contributed by atoms with E-state index in [0.29, 0.717) is 12.3 Å². The molecule has 1 aliphatic rings. The molecule has 1 fully saturated rings. The van der Waals surface area contributed by atoms with Crippen LogP contribution in [0.5, 0.6) is 5.75 Å². The van der Waals surface area contributed by atoms with Gasteiger partial charge in [0.1, 0.15) is 28.4 Å². The zero-order chi connectivity index (χ0) is 16.9. The molecule has 0 amide bonds. The van der Waals surface area contributed by atoms with Crippen molar-refractivity contribution in [1.82, 2.24) is 10.2 Å². The van der Waals surface area contributed by atoms with E-state index in [4.69, 9.17) is 4.74 Å². The van der Waals surface area contributed by atoms with Gasteiger partial charge >= 0.3 is 0 Å². The number of aliphatic hydroxyl groups excluding tert-OH is 1. The van der Waals surface area contributed by atoms with E-state index in [1.54, 1.807) is 6.26 Å². The molecule has 1 aromatic rings. The van der Waals surface area contributed by atoms with E-state index in [2.05, 4.69) is 14.9 Å². The van der Waals surface area contributed by atoms with Crippen molar-refractivity contribution in [3.05, 3.63) is 24.3 Å². The lowest BCUT2D eigenvalue weighted by atomic mass is 10.0. The summed E-state index contributed by atoms with van der Waals surface area (Å²) in [7, 11) is -1.10. The summed E-state index contributed by atoms with van der Waals surface area (Å²) in [6, 6.07) is 7.26. The van der Waals surface area contributed by atoms with Crippen molar-refractivity contribution in [3.8, 4) is 5.75 Å². The molecule has 3 N–H and O–H groups in total. The zero-order valence-corrected chi connectivity index (χ0v) is 14.9. The molecule has 1 saturated heterocycles. The number of ether oxygens (including phenoxy) is 1. The van der Waals surface area contributed by atoms with Crippen molar-refractivity contribution in [3.63, 3.8) is 0 Å². The van der Waals surface area contributed by atoms with Gasteiger partial charge in [-0.25, -0.2) is 4.21 Å². The highest BCUT2D eigenvalue weighted by Gasteiger charge is 2.31. The van der Waals surface area contributed by atoms with Crippen LogP contribution in [0.1, 0.15) is 13.8 Å². The Morgan fingerprint density at radius 2 is 1.96 bits per heavy atom. The summed E-state index contributed by atoms with van der Waals surface area (Å²) in [5.41, 5.74) is 0.0882. The summed E-state index contributed by atoms with van der Waals surface area (Å²) in [5, 5.41) is 13.8. The number of hydrogen-bond acceptors (Lipinski definition) is 5. The van der Waals surface area contributed by atoms with Gasteiger partial charge in [0.2, 0.25) is 0 Å². The average Bonchev–Trinajstić information content (AvgIpc) is 2.49. The molecule has 6 nitrogen and oxygen atoms in total. The van der Waals surface area contributed by atoms with Crippen molar-refractivity contribution in [2.75, 3.05) is 43.7 Å². The van der Waals surface area contributed by atoms with E-state index in [1.807, 2.05) is 38.1 Å². The van der Waals surface area contributed by atoms with E-state index in [-0.39, 0.29) is 0 Å². The first-order chi connectivity index (χ1) is 10.9. The van der Waals surface area contributed by atoms with E-state index in [1.165, 1.54) is 0 Å². The molecule has 0 aliphatic carbocycles. The fourth-order valence-electron chi connectivity index (χ4n) is 2.49. The first kappa shape index (κ1) is 18.2. The SMILES string of the molecule is CS(=O)Nc1ccc(OC(C)(C)C(O)CN2CCNCC2)cc1. The summed E-state index contributed by atoms with van der Waals surface area (Å²) in [6.07, 6.45) is 1.00. The molecule has 0 radical (unpaired) electrons. The standard InChI is InChI=1S/C16H27N3O3S/c1-16(2,15(20)12-19-10-8-17-9-11-19)22-14-6-4-13(5-7-14)18-23(3)21/h4-7,15,17-18,20H,8-12H2,1-3H3. The lowest BCUT2D eigenvalue weighted by molar-refractivity contribution is -0.0455. The van der Waals surface area contributed by atoms with Crippen LogP contribution in [-0.2, 0) is 11.0 Å². The first-order valence-corrected chi connectivity index (χ1v) is 9.43. The van der Waals surface area contributed by atoms with Crippen LogP contribution in [0.3, 0.4) is 0 Å². The van der Waals surface area contributed by atoms with Crippen molar-refractivity contribution in [1.29, 1.82) is 0 Å². The van der Waals surface area contributed by atoms with E-state index >= 15 is 0 Å². The molecule has 0 saturated carbocycles. The van der Waals surface area contributed by atoms with Crippen LogP contribution in [0.2, 0.25) is 0 Å². The molecule has 2 atom stereocenters. The van der Waals surface area contributed by atoms with Crippen LogP contribution in [0.25, 0.3) is 0 Å². The molecule has 0 bridgehead atoms. The predicted octanol–water partition coefficient (Wildman–Crippen LogP) is 0.816. The highest BCUT2D eigenvalue weighted by atomic mass is 32.2. The highest BCUT2D eigenvalue weighted by Crippen LogP contribution is 2.23. The fourth-order valence-corrected chi connectivity index (χ4v) is 2.95. The molecular formula is C16H27N3O3S. The van der Waals surface area contributed by atoms with Crippen LogP contribution in [0.4, 0.5) is 5.69 Å². The normalized spacial score (nSPS) is 19.1. The van der Waals surface area contributed by atoms with Gasteiger partial charge in [0.15, 0.2) is 0 Å². The van der Waals surface area contributed by atoms with Crippen LogP contribution >= 0.6 is 0 Å².